The fourth-order valence-electron chi connectivity index (χ4n) is 2.37. The number of halogens is 2. The fourth-order valence-corrected chi connectivity index (χ4v) is 2.37. The molecule has 116 valence electrons. The predicted molar refractivity (Wildman–Crippen MR) is 77.9 cm³/mol. The summed E-state index contributed by atoms with van der Waals surface area (Å²) >= 11 is 0. The monoisotopic (exact) mass is 297 g/mol. The molecule has 1 unspecified atom stereocenters. The van der Waals surface area contributed by atoms with Crippen molar-refractivity contribution in [2.24, 2.45) is 0 Å². The van der Waals surface area contributed by atoms with Gasteiger partial charge in [0.1, 0.15) is 0 Å². The molecule has 0 fully saturated rings. The Morgan fingerprint density at radius 3 is 2.81 bits per heavy atom. The topological polar surface area (TPSA) is 30.5 Å². The molecule has 1 aromatic carbocycles. The van der Waals surface area contributed by atoms with Crippen molar-refractivity contribution < 1.29 is 18.3 Å². The molecule has 0 spiro atoms. The molecule has 0 radical (unpaired) electrons. The van der Waals surface area contributed by atoms with Gasteiger partial charge in [-0.05, 0) is 43.9 Å². The first-order valence-corrected chi connectivity index (χ1v) is 7.28. The van der Waals surface area contributed by atoms with E-state index < -0.39 is 6.61 Å². The lowest BCUT2D eigenvalue weighted by atomic mass is 10.0. The molecule has 1 aliphatic rings. The number of benzene rings is 1. The van der Waals surface area contributed by atoms with Crippen LogP contribution in [0.15, 0.2) is 30.4 Å². The van der Waals surface area contributed by atoms with E-state index in [0.717, 1.165) is 24.8 Å². The van der Waals surface area contributed by atoms with Crippen LogP contribution >= 0.6 is 0 Å². The van der Waals surface area contributed by atoms with Crippen LogP contribution < -0.4 is 14.8 Å². The van der Waals surface area contributed by atoms with Crippen molar-refractivity contribution in [1.82, 2.24) is 5.32 Å². The summed E-state index contributed by atoms with van der Waals surface area (Å²) < 4.78 is 34.5. The lowest BCUT2D eigenvalue weighted by molar-refractivity contribution is -0.0514. The molecule has 2 rings (SSSR count). The third-order valence-corrected chi connectivity index (χ3v) is 3.39. The summed E-state index contributed by atoms with van der Waals surface area (Å²) in [7, 11) is 0. The maximum atomic E-state index is 12.3. The highest BCUT2D eigenvalue weighted by Gasteiger charge is 2.13. The SMILES string of the molecule is CCOc1cc(CNC2CC=CCC2)ccc1OC(F)F. The summed E-state index contributed by atoms with van der Waals surface area (Å²) in [6.45, 7) is 0.0605. The Morgan fingerprint density at radius 1 is 1.29 bits per heavy atom. The summed E-state index contributed by atoms with van der Waals surface area (Å²) in [5, 5.41) is 3.47. The first kappa shape index (κ1) is 15.8. The molecule has 21 heavy (non-hydrogen) atoms. The largest absolute Gasteiger partial charge is 0.490 e. The van der Waals surface area contributed by atoms with Crippen molar-refractivity contribution in [2.45, 2.75) is 45.4 Å². The van der Waals surface area contributed by atoms with Gasteiger partial charge in [-0.15, -0.1) is 0 Å². The van der Waals surface area contributed by atoms with E-state index in [9.17, 15) is 8.78 Å². The molecule has 0 aliphatic heterocycles. The minimum absolute atomic E-state index is 0.0798. The zero-order chi connectivity index (χ0) is 15.1. The van der Waals surface area contributed by atoms with E-state index in [-0.39, 0.29) is 5.75 Å². The van der Waals surface area contributed by atoms with Crippen molar-refractivity contribution in [3.63, 3.8) is 0 Å². The quantitative estimate of drug-likeness (QED) is 0.775. The number of rotatable bonds is 7. The Bertz CT molecular complexity index is 477. The summed E-state index contributed by atoms with van der Waals surface area (Å²) in [5.74, 6) is 0.442. The average molecular weight is 297 g/mol. The van der Waals surface area contributed by atoms with Crippen LogP contribution in [0, 0.1) is 0 Å². The summed E-state index contributed by atoms with van der Waals surface area (Å²) in [4.78, 5) is 0. The van der Waals surface area contributed by atoms with Crippen LogP contribution in [0.1, 0.15) is 31.7 Å². The Hall–Kier alpha value is -1.62. The smallest absolute Gasteiger partial charge is 0.387 e. The minimum atomic E-state index is -2.85. The van der Waals surface area contributed by atoms with Gasteiger partial charge < -0.3 is 14.8 Å². The fraction of sp³-hybridized carbons (Fsp3) is 0.500. The second-order valence-electron chi connectivity index (χ2n) is 4.95. The number of ether oxygens (including phenoxy) is 2. The third kappa shape index (κ3) is 5.01. The molecule has 1 N–H and O–H groups in total. The Labute approximate surface area is 123 Å². The van der Waals surface area contributed by atoms with Gasteiger partial charge in [0, 0.05) is 12.6 Å². The normalized spacial score (nSPS) is 18.0. The molecule has 0 bridgehead atoms. The highest BCUT2D eigenvalue weighted by Crippen LogP contribution is 2.30. The molecule has 0 aromatic heterocycles. The van der Waals surface area contributed by atoms with E-state index >= 15 is 0 Å². The van der Waals surface area contributed by atoms with Crippen LogP contribution in [-0.4, -0.2) is 19.3 Å². The van der Waals surface area contributed by atoms with E-state index in [1.165, 1.54) is 6.07 Å². The van der Waals surface area contributed by atoms with Gasteiger partial charge in [0.2, 0.25) is 0 Å². The molecule has 0 saturated heterocycles. The number of alkyl halides is 2. The number of nitrogens with one attached hydrogen (secondary N) is 1. The summed E-state index contributed by atoms with van der Waals surface area (Å²) in [6.07, 6.45) is 7.64. The van der Waals surface area contributed by atoms with E-state index in [1.54, 1.807) is 12.1 Å². The molecule has 5 heteroatoms. The molecule has 0 amide bonds. The maximum Gasteiger partial charge on any atom is 0.387 e. The zero-order valence-electron chi connectivity index (χ0n) is 12.1. The molecular formula is C16H21F2NO2. The van der Waals surface area contributed by atoms with Gasteiger partial charge in [-0.2, -0.15) is 8.78 Å². The van der Waals surface area contributed by atoms with E-state index in [0.29, 0.717) is 24.9 Å². The van der Waals surface area contributed by atoms with Crippen LogP contribution in [-0.2, 0) is 6.54 Å². The average Bonchev–Trinajstić information content (AvgIpc) is 2.48. The van der Waals surface area contributed by atoms with Crippen LogP contribution in [0.3, 0.4) is 0 Å². The van der Waals surface area contributed by atoms with Gasteiger partial charge in [-0.25, -0.2) is 0 Å². The summed E-state index contributed by atoms with van der Waals surface area (Å²) in [5.41, 5.74) is 0.995. The second kappa shape index (κ2) is 7.98. The van der Waals surface area contributed by atoms with E-state index in [1.807, 2.05) is 6.92 Å². The van der Waals surface area contributed by atoms with Crippen LogP contribution in [0.2, 0.25) is 0 Å². The Morgan fingerprint density at radius 2 is 2.14 bits per heavy atom. The summed E-state index contributed by atoms with van der Waals surface area (Å²) in [6, 6.07) is 5.55. The third-order valence-electron chi connectivity index (χ3n) is 3.39. The van der Waals surface area contributed by atoms with Crippen molar-refractivity contribution >= 4 is 0 Å². The van der Waals surface area contributed by atoms with Crippen LogP contribution in [0.5, 0.6) is 11.5 Å². The molecule has 1 atom stereocenters. The van der Waals surface area contributed by atoms with Crippen LogP contribution in [0.25, 0.3) is 0 Å². The Kier molecular flexibility index (Phi) is 5.99. The highest BCUT2D eigenvalue weighted by molar-refractivity contribution is 5.43. The standard InChI is InChI=1S/C16H21F2NO2/c1-2-20-15-10-12(8-9-14(15)21-16(17)18)11-19-13-6-4-3-5-7-13/h3-4,8-10,13,16,19H,2,5-7,11H2,1H3. The maximum absolute atomic E-state index is 12.3. The van der Waals surface area contributed by atoms with Gasteiger partial charge >= 0.3 is 6.61 Å². The highest BCUT2D eigenvalue weighted by atomic mass is 19.3. The minimum Gasteiger partial charge on any atom is -0.490 e. The molecule has 1 aromatic rings. The van der Waals surface area contributed by atoms with E-state index in [2.05, 4.69) is 22.2 Å². The number of hydrogen-bond acceptors (Lipinski definition) is 3. The molecular weight excluding hydrogens is 276 g/mol. The predicted octanol–water partition coefficient (Wildman–Crippen LogP) is 3.89. The Balaban J connectivity index is 1.99. The first-order chi connectivity index (χ1) is 10.2. The van der Waals surface area contributed by atoms with Gasteiger partial charge in [-0.3, -0.25) is 0 Å². The van der Waals surface area contributed by atoms with Gasteiger partial charge in [-0.1, -0.05) is 18.2 Å². The van der Waals surface area contributed by atoms with E-state index in [4.69, 9.17) is 4.74 Å². The van der Waals surface area contributed by atoms with Crippen LogP contribution in [0.4, 0.5) is 8.78 Å². The van der Waals surface area contributed by atoms with Crippen molar-refractivity contribution in [3.8, 4) is 11.5 Å². The van der Waals surface area contributed by atoms with Crippen molar-refractivity contribution in [2.75, 3.05) is 6.61 Å². The van der Waals surface area contributed by atoms with Gasteiger partial charge in [0.25, 0.3) is 0 Å². The van der Waals surface area contributed by atoms with Gasteiger partial charge in [0.05, 0.1) is 6.61 Å². The lowest BCUT2D eigenvalue weighted by Crippen LogP contribution is -2.29. The molecule has 3 nitrogen and oxygen atoms in total. The zero-order valence-corrected chi connectivity index (χ0v) is 12.1. The number of hydrogen-bond donors (Lipinski definition) is 1. The first-order valence-electron chi connectivity index (χ1n) is 7.28. The second-order valence-corrected chi connectivity index (χ2v) is 4.95. The molecule has 0 saturated carbocycles. The van der Waals surface area contributed by atoms with Crippen molar-refractivity contribution in [3.05, 3.63) is 35.9 Å². The van der Waals surface area contributed by atoms with Crippen molar-refractivity contribution in [1.29, 1.82) is 0 Å². The number of allylic oxidation sites excluding steroid dienone is 1. The van der Waals surface area contributed by atoms with Gasteiger partial charge in [0.15, 0.2) is 11.5 Å². The molecule has 0 heterocycles. The molecule has 1 aliphatic carbocycles. The lowest BCUT2D eigenvalue weighted by Gasteiger charge is -2.20.